The summed E-state index contributed by atoms with van der Waals surface area (Å²) in [5.41, 5.74) is 0.350. The zero-order valence-corrected chi connectivity index (χ0v) is 11.2. The van der Waals surface area contributed by atoms with Crippen LogP contribution in [0, 0.1) is 11.6 Å². The molecule has 1 aliphatic heterocycles. The van der Waals surface area contributed by atoms with Crippen molar-refractivity contribution in [2.75, 3.05) is 32.8 Å². The highest BCUT2D eigenvalue weighted by Crippen LogP contribution is 2.09. The minimum Gasteiger partial charge on any atom is -0.374 e. The van der Waals surface area contributed by atoms with E-state index < -0.39 is 5.82 Å². The number of nitrogens with one attached hydrogen (secondary N) is 1. The van der Waals surface area contributed by atoms with Gasteiger partial charge in [0.1, 0.15) is 11.6 Å². The number of hydrogen-bond acceptors (Lipinski definition) is 3. The smallest absolute Gasteiger partial charge is 0.127 e. The molecule has 1 atom stereocenters. The second-order valence-corrected chi connectivity index (χ2v) is 4.75. The Labute approximate surface area is 112 Å². The maximum atomic E-state index is 13.4. The van der Waals surface area contributed by atoms with Crippen molar-refractivity contribution < 1.29 is 13.5 Å². The summed E-state index contributed by atoms with van der Waals surface area (Å²) in [4.78, 5) is 2.32. The third-order valence-electron chi connectivity index (χ3n) is 3.37. The van der Waals surface area contributed by atoms with E-state index in [-0.39, 0.29) is 11.9 Å². The molecule has 1 saturated heterocycles. The molecule has 1 aliphatic rings. The predicted molar refractivity (Wildman–Crippen MR) is 69.9 cm³/mol. The van der Waals surface area contributed by atoms with Gasteiger partial charge in [-0.3, -0.25) is 4.90 Å². The van der Waals surface area contributed by atoms with Crippen LogP contribution in [0.15, 0.2) is 18.2 Å². The maximum absolute atomic E-state index is 13.4. The van der Waals surface area contributed by atoms with Crippen molar-refractivity contribution >= 4 is 0 Å². The zero-order chi connectivity index (χ0) is 13.7. The second-order valence-electron chi connectivity index (χ2n) is 4.75. The van der Waals surface area contributed by atoms with Crippen LogP contribution in [0.2, 0.25) is 0 Å². The van der Waals surface area contributed by atoms with Gasteiger partial charge in [0.2, 0.25) is 0 Å². The summed E-state index contributed by atoms with van der Waals surface area (Å²) in [6, 6.07) is 3.51. The van der Waals surface area contributed by atoms with Crippen molar-refractivity contribution in [2.24, 2.45) is 0 Å². The van der Waals surface area contributed by atoms with E-state index in [4.69, 9.17) is 4.74 Å². The first-order chi connectivity index (χ1) is 9.19. The van der Waals surface area contributed by atoms with E-state index in [9.17, 15) is 8.78 Å². The Morgan fingerprint density at radius 2 is 2.26 bits per heavy atom. The molecule has 3 nitrogen and oxygen atoms in total. The van der Waals surface area contributed by atoms with Crippen molar-refractivity contribution in [3.63, 3.8) is 0 Å². The molecule has 1 heterocycles. The van der Waals surface area contributed by atoms with E-state index in [0.29, 0.717) is 18.7 Å². The second kappa shape index (κ2) is 6.93. The largest absolute Gasteiger partial charge is 0.374 e. The molecule has 106 valence electrons. The van der Waals surface area contributed by atoms with Crippen molar-refractivity contribution in [3.05, 3.63) is 35.4 Å². The van der Waals surface area contributed by atoms with Gasteiger partial charge in [0.05, 0.1) is 12.7 Å². The summed E-state index contributed by atoms with van der Waals surface area (Å²) in [6.07, 6.45) is 0.116. The third kappa shape index (κ3) is 4.23. The Kier molecular flexibility index (Phi) is 5.24. The molecule has 19 heavy (non-hydrogen) atoms. The first kappa shape index (κ1) is 14.4. The van der Waals surface area contributed by atoms with Crippen LogP contribution in [-0.4, -0.2) is 43.8 Å². The van der Waals surface area contributed by atoms with Crippen LogP contribution in [0.4, 0.5) is 8.78 Å². The molecule has 5 heteroatoms. The average Bonchev–Trinajstić information content (AvgIpc) is 2.43. The van der Waals surface area contributed by atoms with E-state index in [1.54, 1.807) is 0 Å². The topological polar surface area (TPSA) is 24.5 Å². The number of nitrogens with zero attached hydrogens (tertiary/aromatic N) is 1. The van der Waals surface area contributed by atoms with Gasteiger partial charge < -0.3 is 10.1 Å². The normalized spacial score (nSPS) is 20.7. The number of likely N-dealkylation sites (N-methyl/N-ethyl adjacent to an activating group) is 1. The van der Waals surface area contributed by atoms with E-state index in [0.717, 1.165) is 38.4 Å². The van der Waals surface area contributed by atoms with Crippen LogP contribution in [0.5, 0.6) is 0 Å². The SMILES string of the molecule is CCN1CCOC(CNCc2cc(F)ccc2F)C1. The van der Waals surface area contributed by atoms with E-state index in [1.807, 2.05) is 0 Å². The molecule has 0 radical (unpaired) electrons. The van der Waals surface area contributed by atoms with Gasteiger partial charge in [-0.2, -0.15) is 0 Å². The molecule has 0 amide bonds. The molecule has 1 N–H and O–H groups in total. The van der Waals surface area contributed by atoms with Gasteiger partial charge >= 0.3 is 0 Å². The van der Waals surface area contributed by atoms with Gasteiger partial charge in [-0.05, 0) is 24.7 Å². The number of hydrogen-bond donors (Lipinski definition) is 1. The highest BCUT2D eigenvalue weighted by Gasteiger charge is 2.18. The lowest BCUT2D eigenvalue weighted by Gasteiger charge is -2.32. The Balaban J connectivity index is 1.78. The number of ether oxygens (including phenoxy) is 1. The third-order valence-corrected chi connectivity index (χ3v) is 3.37. The van der Waals surface area contributed by atoms with Crippen molar-refractivity contribution in [1.29, 1.82) is 0 Å². The van der Waals surface area contributed by atoms with Crippen LogP contribution in [0.3, 0.4) is 0 Å². The van der Waals surface area contributed by atoms with Crippen LogP contribution in [0.1, 0.15) is 12.5 Å². The monoisotopic (exact) mass is 270 g/mol. The lowest BCUT2D eigenvalue weighted by molar-refractivity contribution is -0.0254. The lowest BCUT2D eigenvalue weighted by atomic mass is 10.2. The fourth-order valence-electron chi connectivity index (χ4n) is 2.24. The fraction of sp³-hybridized carbons (Fsp3) is 0.571. The van der Waals surface area contributed by atoms with Crippen molar-refractivity contribution in [2.45, 2.75) is 19.6 Å². The summed E-state index contributed by atoms with van der Waals surface area (Å²) in [5.74, 6) is -0.794. The van der Waals surface area contributed by atoms with Crippen molar-refractivity contribution in [3.8, 4) is 0 Å². The quantitative estimate of drug-likeness (QED) is 0.882. The first-order valence-corrected chi connectivity index (χ1v) is 6.67. The standard InChI is InChI=1S/C14H20F2N2O/c1-2-18-5-6-19-13(10-18)9-17-8-11-7-12(15)3-4-14(11)16/h3-4,7,13,17H,2,5-6,8-10H2,1H3. The number of morpholine rings is 1. The van der Waals surface area contributed by atoms with Crippen molar-refractivity contribution in [1.82, 2.24) is 10.2 Å². The van der Waals surface area contributed by atoms with Crippen LogP contribution >= 0.6 is 0 Å². The molecule has 2 rings (SSSR count). The molecular weight excluding hydrogens is 250 g/mol. The lowest BCUT2D eigenvalue weighted by Crippen LogP contribution is -2.46. The molecule has 1 aromatic rings. The number of benzene rings is 1. The molecule has 0 aliphatic carbocycles. The summed E-state index contributed by atoms with van der Waals surface area (Å²) in [7, 11) is 0. The first-order valence-electron chi connectivity index (χ1n) is 6.67. The van der Waals surface area contributed by atoms with Crippen LogP contribution < -0.4 is 5.32 Å². The van der Waals surface area contributed by atoms with Gasteiger partial charge in [0.25, 0.3) is 0 Å². The minimum atomic E-state index is -0.413. The maximum Gasteiger partial charge on any atom is 0.127 e. The minimum absolute atomic E-state index is 0.116. The molecular formula is C14H20F2N2O. The van der Waals surface area contributed by atoms with Gasteiger partial charge in [-0.1, -0.05) is 6.92 Å². The molecule has 1 aromatic carbocycles. The Hall–Kier alpha value is -1.04. The fourth-order valence-corrected chi connectivity index (χ4v) is 2.24. The molecule has 0 bridgehead atoms. The molecule has 1 unspecified atom stereocenters. The van der Waals surface area contributed by atoms with Crippen LogP contribution in [-0.2, 0) is 11.3 Å². The molecule has 1 fully saturated rings. The van der Waals surface area contributed by atoms with Crippen LogP contribution in [0.25, 0.3) is 0 Å². The van der Waals surface area contributed by atoms with Gasteiger partial charge in [0.15, 0.2) is 0 Å². The number of rotatable bonds is 5. The number of halogens is 2. The predicted octanol–water partition coefficient (Wildman–Crippen LogP) is 1.78. The van der Waals surface area contributed by atoms with E-state index in [2.05, 4.69) is 17.1 Å². The Morgan fingerprint density at radius 1 is 1.42 bits per heavy atom. The average molecular weight is 270 g/mol. The zero-order valence-electron chi connectivity index (χ0n) is 11.2. The van der Waals surface area contributed by atoms with E-state index >= 15 is 0 Å². The summed E-state index contributed by atoms with van der Waals surface area (Å²) in [6.45, 7) is 6.67. The summed E-state index contributed by atoms with van der Waals surface area (Å²) in [5, 5.41) is 3.13. The van der Waals surface area contributed by atoms with Gasteiger partial charge in [-0.15, -0.1) is 0 Å². The molecule has 0 spiro atoms. The Morgan fingerprint density at radius 3 is 3.05 bits per heavy atom. The molecule has 0 saturated carbocycles. The van der Waals surface area contributed by atoms with E-state index in [1.165, 1.54) is 6.07 Å². The molecule has 0 aromatic heterocycles. The summed E-state index contributed by atoms with van der Waals surface area (Å²) >= 11 is 0. The van der Waals surface area contributed by atoms with Gasteiger partial charge in [-0.25, -0.2) is 8.78 Å². The summed E-state index contributed by atoms with van der Waals surface area (Å²) < 4.78 is 32.0. The van der Waals surface area contributed by atoms with Gasteiger partial charge in [0, 0.05) is 31.7 Å². The Bertz CT molecular complexity index is 414. The highest BCUT2D eigenvalue weighted by atomic mass is 19.1. The highest BCUT2D eigenvalue weighted by molar-refractivity contribution is 5.18.